The van der Waals surface area contributed by atoms with Crippen molar-refractivity contribution in [2.45, 2.75) is 180 Å². The van der Waals surface area contributed by atoms with Crippen LogP contribution in [-0.4, -0.2) is 56.7 Å². The zero-order chi connectivity index (χ0) is 29.8. The van der Waals surface area contributed by atoms with Crippen LogP contribution in [0.25, 0.3) is 0 Å². The molecule has 2 rings (SSSR count). The minimum Gasteiger partial charge on any atom is -0.463 e. The molecule has 0 aromatic carbocycles. The van der Waals surface area contributed by atoms with Gasteiger partial charge in [-0.2, -0.15) is 0 Å². The molecule has 7 heteroatoms. The highest BCUT2D eigenvalue weighted by atomic mass is 28.4. The predicted octanol–water partition coefficient (Wildman–Crippen LogP) is 8.55. The first-order chi connectivity index (χ1) is 18.8. The van der Waals surface area contributed by atoms with E-state index < -0.39 is 14.1 Å². The van der Waals surface area contributed by atoms with Crippen molar-refractivity contribution in [1.29, 1.82) is 0 Å². The minimum absolute atomic E-state index is 0.0463. The van der Waals surface area contributed by atoms with Gasteiger partial charge in [0.25, 0.3) is 0 Å². The van der Waals surface area contributed by atoms with Gasteiger partial charge < -0.3 is 23.7 Å². The van der Waals surface area contributed by atoms with E-state index >= 15 is 0 Å². The average molecular weight is 585 g/mol. The maximum atomic E-state index is 11.8. The molecule has 4 atom stereocenters. The van der Waals surface area contributed by atoms with Crippen molar-refractivity contribution in [3.63, 3.8) is 0 Å². The summed E-state index contributed by atoms with van der Waals surface area (Å²) in [6.45, 7) is 18.9. The van der Waals surface area contributed by atoms with Gasteiger partial charge in [0.15, 0.2) is 14.1 Å². The molecule has 0 aromatic rings. The quantitative estimate of drug-likeness (QED) is 0.0931. The van der Waals surface area contributed by atoms with Gasteiger partial charge in [0.05, 0.1) is 31.5 Å². The Labute approximate surface area is 247 Å². The van der Waals surface area contributed by atoms with Crippen LogP contribution in [0.5, 0.6) is 0 Å². The normalized spacial score (nSPS) is 25.1. The number of carbonyl (C=O) groups excluding carboxylic acids is 1. The molecule has 2 fully saturated rings. The summed E-state index contributed by atoms with van der Waals surface area (Å²) in [5, 5.41) is 11.4. The Morgan fingerprint density at radius 3 is 2.17 bits per heavy atom. The van der Waals surface area contributed by atoms with E-state index in [2.05, 4.69) is 40.8 Å². The highest BCUT2D eigenvalue weighted by Crippen LogP contribution is 2.46. The molecular formula is C33H64O6Si. The maximum Gasteiger partial charge on any atom is 0.306 e. The molecule has 0 unspecified atom stereocenters. The van der Waals surface area contributed by atoms with E-state index in [1.54, 1.807) is 0 Å². The summed E-state index contributed by atoms with van der Waals surface area (Å²) < 4.78 is 24.8. The van der Waals surface area contributed by atoms with E-state index in [1.807, 2.05) is 13.8 Å². The van der Waals surface area contributed by atoms with E-state index in [9.17, 15) is 9.90 Å². The van der Waals surface area contributed by atoms with Gasteiger partial charge in [0.1, 0.15) is 0 Å². The van der Waals surface area contributed by atoms with Crippen molar-refractivity contribution < 1.29 is 28.5 Å². The highest BCUT2D eigenvalue weighted by Gasteiger charge is 2.48. The largest absolute Gasteiger partial charge is 0.463 e. The summed E-state index contributed by atoms with van der Waals surface area (Å²) >= 11 is 0. The van der Waals surface area contributed by atoms with Crippen LogP contribution >= 0.6 is 0 Å². The molecule has 0 radical (unpaired) electrons. The fourth-order valence-corrected chi connectivity index (χ4v) is 7.65. The van der Waals surface area contributed by atoms with Crippen molar-refractivity contribution in [3.8, 4) is 0 Å². The van der Waals surface area contributed by atoms with Gasteiger partial charge in [-0.25, -0.2) is 0 Å². The van der Waals surface area contributed by atoms with Gasteiger partial charge in [0, 0.05) is 19.3 Å². The lowest BCUT2D eigenvalue weighted by Crippen LogP contribution is -2.45. The molecule has 0 aromatic heterocycles. The molecule has 1 aliphatic heterocycles. The van der Waals surface area contributed by atoms with Crippen LogP contribution in [0.1, 0.15) is 138 Å². The standard InChI is InChI=1S/C33H64O6Si/c1-9-10-11-14-17-21-33(36-23-24-37-33)22-20-28-27(18-15-12-13-16-19-31(35)38-26(2)3)29(34)25-30(28)39-40(7,8)32(4,5)6/h26-30,34H,9-25H2,1-8H3/t27-,28-,29+,30-/m1/s1. The third-order valence-electron chi connectivity index (χ3n) is 9.62. The summed E-state index contributed by atoms with van der Waals surface area (Å²) in [5.74, 6) is -0.00249. The van der Waals surface area contributed by atoms with Gasteiger partial charge in [-0.05, 0) is 75.9 Å². The van der Waals surface area contributed by atoms with Crippen molar-refractivity contribution in [1.82, 2.24) is 0 Å². The number of aliphatic hydroxyl groups excluding tert-OH is 1. The van der Waals surface area contributed by atoms with Crippen LogP contribution < -0.4 is 0 Å². The number of hydrogen-bond acceptors (Lipinski definition) is 6. The second kappa shape index (κ2) is 17.0. The topological polar surface area (TPSA) is 74.2 Å². The molecular weight excluding hydrogens is 520 g/mol. The van der Waals surface area contributed by atoms with E-state index in [4.69, 9.17) is 18.6 Å². The van der Waals surface area contributed by atoms with E-state index in [1.165, 1.54) is 25.7 Å². The van der Waals surface area contributed by atoms with Crippen LogP contribution in [0.15, 0.2) is 0 Å². The van der Waals surface area contributed by atoms with Gasteiger partial charge >= 0.3 is 5.97 Å². The Morgan fingerprint density at radius 2 is 1.55 bits per heavy atom. The Bertz CT molecular complexity index is 712. The number of unbranched alkanes of at least 4 members (excludes halogenated alkanes) is 7. The van der Waals surface area contributed by atoms with Crippen LogP contribution in [0, 0.1) is 11.8 Å². The summed E-state index contributed by atoms with van der Waals surface area (Å²) in [7, 11) is -1.97. The lowest BCUT2D eigenvalue weighted by Gasteiger charge is -2.41. The molecule has 0 amide bonds. The van der Waals surface area contributed by atoms with Crippen LogP contribution in [0.3, 0.4) is 0 Å². The monoisotopic (exact) mass is 584 g/mol. The van der Waals surface area contributed by atoms with E-state index in [0.29, 0.717) is 25.6 Å². The Hall–Kier alpha value is -0.473. The number of esters is 1. The highest BCUT2D eigenvalue weighted by molar-refractivity contribution is 6.74. The van der Waals surface area contributed by atoms with Gasteiger partial charge in [-0.1, -0.05) is 72.6 Å². The molecule has 1 saturated heterocycles. The van der Waals surface area contributed by atoms with Crippen molar-refractivity contribution in [2.75, 3.05) is 13.2 Å². The van der Waals surface area contributed by atoms with Crippen molar-refractivity contribution in [2.24, 2.45) is 11.8 Å². The second-order valence-electron chi connectivity index (χ2n) is 14.3. The third-order valence-corrected chi connectivity index (χ3v) is 14.1. The number of carbonyl (C=O) groups is 1. The molecule has 1 heterocycles. The molecule has 1 N–H and O–H groups in total. The Balaban J connectivity index is 2.00. The molecule has 1 aliphatic carbocycles. The Morgan fingerprint density at radius 1 is 0.925 bits per heavy atom. The molecule has 236 valence electrons. The fraction of sp³-hybridized carbons (Fsp3) is 0.970. The maximum absolute atomic E-state index is 11.8. The SMILES string of the molecule is CCCCCCCC1(CC[C@@H]2[C@@H](CCCCCCC(=O)OC(C)C)[C@@H](O)C[C@H]2O[Si](C)(C)C(C)(C)C)OCCO1. The third kappa shape index (κ3) is 11.7. The van der Waals surface area contributed by atoms with Crippen molar-refractivity contribution in [3.05, 3.63) is 0 Å². The first-order valence-corrected chi connectivity index (χ1v) is 19.5. The zero-order valence-electron chi connectivity index (χ0n) is 27.4. The van der Waals surface area contributed by atoms with Crippen LogP contribution in [-0.2, 0) is 23.4 Å². The Kier molecular flexibility index (Phi) is 15.2. The molecule has 0 bridgehead atoms. The number of aliphatic hydroxyl groups is 1. The van der Waals surface area contributed by atoms with Gasteiger partial charge in [-0.3, -0.25) is 4.79 Å². The van der Waals surface area contributed by atoms with Gasteiger partial charge in [-0.15, -0.1) is 0 Å². The zero-order valence-corrected chi connectivity index (χ0v) is 28.4. The summed E-state index contributed by atoms with van der Waals surface area (Å²) in [6.07, 6.45) is 15.0. The molecule has 40 heavy (non-hydrogen) atoms. The second-order valence-corrected chi connectivity index (χ2v) is 19.1. The summed E-state index contributed by atoms with van der Waals surface area (Å²) in [4.78, 5) is 11.8. The van der Waals surface area contributed by atoms with Crippen LogP contribution in [0.4, 0.5) is 0 Å². The number of rotatable bonds is 19. The smallest absolute Gasteiger partial charge is 0.306 e. The fourth-order valence-electron chi connectivity index (χ4n) is 6.27. The molecule has 2 aliphatic rings. The first kappa shape index (κ1) is 35.7. The summed E-state index contributed by atoms with van der Waals surface area (Å²) in [5.41, 5.74) is 0. The van der Waals surface area contributed by atoms with Crippen molar-refractivity contribution >= 4 is 14.3 Å². The van der Waals surface area contributed by atoms with Gasteiger partial charge in [0.2, 0.25) is 0 Å². The minimum atomic E-state index is -1.97. The number of hydrogen-bond donors (Lipinski definition) is 1. The lowest BCUT2D eigenvalue weighted by molar-refractivity contribution is -0.171. The first-order valence-electron chi connectivity index (χ1n) is 16.6. The van der Waals surface area contributed by atoms with E-state index in [-0.39, 0.29) is 35.2 Å². The molecule has 0 spiro atoms. The summed E-state index contributed by atoms with van der Waals surface area (Å²) in [6, 6.07) is 0. The predicted molar refractivity (Wildman–Crippen MR) is 166 cm³/mol. The number of ether oxygens (including phenoxy) is 3. The average Bonchev–Trinajstić information content (AvgIpc) is 3.43. The van der Waals surface area contributed by atoms with Crippen LogP contribution in [0.2, 0.25) is 18.1 Å². The lowest BCUT2D eigenvalue weighted by atomic mass is 9.84. The van der Waals surface area contributed by atoms with E-state index in [0.717, 1.165) is 64.2 Å². The molecule has 6 nitrogen and oxygen atoms in total. The molecule has 1 saturated carbocycles.